The Hall–Kier alpha value is -1.95. The average molecular weight is 343 g/mol. The molecule has 1 fully saturated rings. The molecule has 24 heavy (non-hydrogen) atoms. The van der Waals surface area contributed by atoms with Crippen LogP contribution >= 0.6 is 11.6 Å². The predicted molar refractivity (Wildman–Crippen MR) is 94.0 cm³/mol. The average Bonchev–Trinajstić information content (AvgIpc) is 3.08. The van der Waals surface area contributed by atoms with E-state index < -0.39 is 0 Å². The Morgan fingerprint density at radius 2 is 2.21 bits per heavy atom. The maximum absolute atomic E-state index is 6.28. The molecule has 3 aromatic rings. The maximum Gasteiger partial charge on any atom is 0.0898 e. The minimum atomic E-state index is 0.150. The molecule has 0 spiro atoms. The third-order valence-corrected chi connectivity index (χ3v) is 4.53. The van der Waals surface area contributed by atoms with Gasteiger partial charge in [0.25, 0.3) is 0 Å². The normalized spacial score (nSPS) is 19.0. The SMILES string of the molecule is Clc1cc(CN2CCO[C@@H](Cn3cccn3)C2)c2ncccc2c1. The van der Waals surface area contributed by atoms with Crippen LogP contribution in [0.25, 0.3) is 10.9 Å². The Morgan fingerprint density at radius 3 is 3.08 bits per heavy atom. The van der Waals surface area contributed by atoms with Crippen molar-refractivity contribution < 1.29 is 4.74 Å². The zero-order valence-electron chi connectivity index (χ0n) is 13.3. The van der Waals surface area contributed by atoms with E-state index in [4.69, 9.17) is 16.3 Å². The van der Waals surface area contributed by atoms with Gasteiger partial charge in [0, 0.05) is 48.6 Å². The smallest absolute Gasteiger partial charge is 0.0898 e. The molecule has 0 radical (unpaired) electrons. The third-order valence-electron chi connectivity index (χ3n) is 4.32. The van der Waals surface area contributed by atoms with Crippen LogP contribution < -0.4 is 0 Å². The highest BCUT2D eigenvalue weighted by Crippen LogP contribution is 2.24. The lowest BCUT2D eigenvalue weighted by Crippen LogP contribution is -2.43. The number of rotatable bonds is 4. The summed E-state index contributed by atoms with van der Waals surface area (Å²) in [6.07, 6.45) is 5.75. The molecule has 1 atom stereocenters. The molecular formula is C18H19ClN4O. The highest BCUT2D eigenvalue weighted by Gasteiger charge is 2.22. The lowest BCUT2D eigenvalue weighted by Gasteiger charge is -2.33. The van der Waals surface area contributed by atoms with Crippen LogP contribution in [0.5, 0.6) is 0 Å². The molecule has 1 aliphatic rings. The number of hydrogen-bond donors (Lipinski definition) is 0. The number of morpholine rings is 1. The summed E-state index contributed by atoms with van der Waals surface area (Å²) in [5.74, 6) is 0. The number of aromatic nitrogens is 3. The Bertz CT molecular complexity index is 821. The molecule has 0 aliphatic carbocycles. The molecule has 0 unspecified atom stereocenters. The summed E-state index contributed by atoms with van der Waals surface area (Å²) in [5.41, 5.74) is 2.19. The molecule has 1 aromatic carbocycles. The summed E-state index contributed by atoms with van der Waals surface area (Å²) in [4.78, 5) is 6.94. The first-order valence-electron chi connectivity index (χ1n) is 8.12. The largest absolute Gasteiger partial charge is 0.374 e. The highest BCUT2D eigenvalue weighted by atomic mass is 35.5. The molecule has 1 saturated heterocycles. The molecule has 0 N–H and O–H groups in total. The zero-order chi connectivity index (χ0) is 16.4. The van der Waals surface area contributed by atoms with Gasteiger partial charge in [-0.05, 0) is 29.8 Å². The van der Waals surface area contributed by atoms with E-state index in [2.05, 4.69) is 21.0 Å². The van der Waals surface area contributed by atoms with Gasteiger partial charge in [-0.25, -0.2) is 0 Å². The number of benzene rings is 1. The summed E-state index contributed by atoms with van der Waals surface area (Å²) in [6, 6.07) is 9.92. The number of nitrogens with zero attached hydrogens (tertiary/aromatic N) is 4. The molecule has 0 amide bonds. The first kappa shape index (κ1) is 15.6. The van der Waals surface area contributed by atoms with Crippen LogP contribution in [0.3, 0.4) is 0 Å². The van der Waals surface area contributed by atoms with Crippen LogP contribution in [0.15, 0.2) is 48.9 Å². The highest BCUT2D eigenvalue weighted by molar-refractivity contribution is 6.31. The molecule has 0 saturated carbocycles. The molecule has 3 heterocycles. The molecule has 5 nitrogen and oxygen atoms in total. The van der Waals surface area contributed by atoms with Crippen LogP contribution in [-0.2, 0) is 17.8 Å². The third kappa shape index (κ3) is 3.43. The van der Waals surface area contributed by atoms with E-state index in [1.165, 1.54) is 0 Å². The summed E-state index contributed by atoms with van der Waals surface area (Å²) < 4.78 is 7.81. The van der Waals surface area contributed by atoms with Gasteiger partial charge in [0.05, 0.1) is 24.8 Å². The Morgan fingerprint density at radius 1 is 1.25 bits per heavy atom. The first-order valence-corrected chi connectivity index (χ1v) is 8.50. The van der Waals surface area contributed by atoms with Gasteiger partial charge in [-0.15, -0.1) is 0 Å². The molecule has 2 aromatic heterocycles. The topological polar surface area (TPSA) is 43.2 Å². The van der Waals surface area contributed by atoms with Gasteiger partial charge in [0.1, 0.15) is 0 Å². The van der Waals surface area contributed by atoms with Crippen molar-refractivity contribution in [1.82, 2.24) is 19.7 Å². The standard InChI is InChI=1S/C18H19ClN4O/c19-16-9-14-3-1-4-20-18(14)15(10-16)11-22-7-8-24-17(12-22)13-23-6-2-5-21-23/h1-6,9-10,17H,7-8,11-13H2/t17-/m1/s1. The monoisotopic (exact) mass is 342 g/mol. The van der Waals surface area contributed by atoms with Gasteiger partial charge in [-0.1, -0.05) is 17.7 Å². The lowest BCUT2D eigenvalue weighted by molar-refractivity contribution is -0.0401. The van der Waals surface area contributed by atoms with E-state index in [9.17, 15) is 0 Å². The van der Waals surface area contributed by atoms with E-state index in [1.54, 1.807) is 6.20 Å². The van der Waals surface area contributed by atoms with Crippen LogP contribution in [-0.4, -0.2) is 45.5 Å². The summed E-state index contributed by atoms with van der Waals surface area (Å²) >= 11 is 6.28. The number of ether oxygens (including phenoxy) is 1. The van der Waals surface area contributed by atoms with Crippen molar-refractivity contribution in [2.24, 2.45) is 0 Å². The first-order chi connectivity index (χ1) is 11.8. The van der Waals surface area contributed by atoms with E-state index >= 15 is 0 Å². The molecule has 0 bridgehead atoms. The van der Waals surface area contributed by atoms with Crippen LogP contribution in [0.2, 0.25) is 5.02 Å². The molecule has 1 aliphatic heterocycles. The molecular weight excluding hydrogens is 324 g/mol. The van der Waals surface area contributed by atoms with Crippen LogP contribution in [0, 0.1) is 0 Å². The minimum Gasteiger partial charge on any atom is -0.374 e. The van der Waals surface area contributed by atoms with Gasteiger partial charge in [-0.2, -0.15) is 5.10 Å². The van der Waals surface area contributed by atoms with Crippen molar-refractivity contribution in [3.8, 4) is 0 Å². The number of fused-ring (bicyclic) bond motifs is 1. The van der Waals surface area contributed by atoms with Gasteiger partial charge in [-0.3, -0.25) is 14.6 Å². The van der Waals surface area contributed by atoms with E-state index in [0.29, 0.717) is 0 Å². The van der Waals surface area contributed by atoms with E-state index in [-0.39, 0.29) is 6.10 Å². The number of halogens is 1. The van der Waals surface area contributed by atoms with Crippen molar-refractivity contribution in [3.63, 3.8) is 0 Å². The molecule has 6 heteroatoms. The lowest BCUT2D eigenvalue weighted by atomic mass is 10.1. The van der Waals surface area contributed by atoms with Crippen molar-refractivity contribution in [3.05, 3.63) is 59.5 Å². The Labute approximate surface area is 145 Å². The Balaban J connectivity index is 1.50. The number of pyridine rings is 1. The second-order valence-electron chi connectivity index (χ2n) is 6.10. The minimum absolute atomic E-state index is 0.150. The fourth-order valence-electron chi connectivity index (χ4n) is 3.24. The Kier molecular flexibility index (Phi) is 4.47. The fraction of sp³-hybridized carbons (Fsp3) is 0.333. The van der Waals surface area contributed by atoms with Crippen molar-refractivity contribution >= 4 is 22.5 Å². The maximum atomic E-state index is 6.28. The zero-order valence-corrected chi connectivity index (χ0v) is 14.1. The summed E-state index contributed by atoms with van der Waals surface area (Å²) in [6.45, 7) is 4.13. The molecule has 124 valence electrons. The number of hydrogen-bond acceptors (Lipinski definition) is 4. The van der Waals surface area contributed by atoms with Gasteiger partial charge in [0.2, 0.25) is 0 Å². The fourth-order valence-corrected chi connectivity index (χ4v) is 3.49. The van der Waals surface area contributed by atoms with Gasteiger partial charge in [0.15, 0.2) is 0 Å². The van der Waals surface area contributed by atoms with E-state index in [1.807, 2.05) is 41.3 Å². The molecule has 4 rings (SSSR count). The van der Waals surface area contributed by atoms with Crippen molar-refractivity contribution in [2.45, 2.75) is 19.2 Å². The van der Waals surface area contributed by atoms with Crippen LogP contribution in [0.4, 0.5) is 0 Å². The van der Waals surface area contributed by atoms with Crippen molar-refractivity contribution in [1.29, 1.82) is 0 Å². The van der Waals surface area contributed by atoms with Crippen molar-refractivity contribution in [2.75, 3.05) is 19.7 Å². The van der Waals surface area contributed by atoms with Gasteiger partial charge < -0.3 is 4.74 Å². The summed E-state index contributed by atoms with van der Waals surface area (Å²) in [5, 5.41) is 6.10. The second-order valence-corrected chi connectivity index (χ2v) is 6.53. The van der Waals surface area contributed by atoms with Crippen LogP contribution in [0.1, 0.15) is 5.56 Å². The van der Waals surface area contributed by atoms with Gasteiger partial charge >= 0.3 is 0 Å². The quantitative estimate of drug-likeness (QED) is 0.731. The second kappa shape index (κ2) is 6.89. The van der Waals surface area contributed by atoms with E-state index in [0.717, 1.165) is 54.3 Å². The predicted octanol–water partition coefficient (Wildman–Crippen LogP) is 2.99. The summed E-state index contributed by atoms with van der Waals surface area (Å²) in [7, 11) is 0.